The monoisotopic (exact) mass is 359 g/mol. The van der Waals surface area contributed by atoms with Crippen LogP contribution in [0.2, 0.25) is 0 Å². The van der Waals surface area contributed by atoms with Crippen LogP contribution >= 0.6 is 0 Å². The van der Waals surface area contributed by atoms with E-state index in [0.717, 1.165) is 23.5 Å². The second-order valence-electron chi connectivity index (χ2n) is 5.62. The topological polar surface area (TPSA) is 73.3 Å². The van der Waals surface area contributed by atoms with Gasteiger partial charge in [-0.15, -0.1) is 0 Å². The third-order valence-corrected chi connectivity index (χ3v) is 3.63. The molecular formula is C19H16F3N3O. The van der Waals surface area contributed by atoms with Crippen LogP contribution in [-0.2, 0) is 6.18 Å². The van der Waals surface area contributed by atoms with Gasteiger partial charge in [-0.25, -0.2) is 0 Å². The SMILES string of the molecule is Nc1ccc(Nc2ccc(Oc3ccc(C(F)(F)F)cc3)cc2)c(N)c1. The maximum Gasteiger partial charge on any atom is 0.416 e. The minimum Gasteiger partial charge on any atom is -0.457 e. The van der Waals surface area contributed by atoms with Crippen LogP contribution in [0.25, 0.3) is 0 Å². The fourth-order valence-corrected chi connectivity index (χ4v) is 2.30. The molecule has 134 valence electrons. The molecule has 26 heavy (non-hydrogen) atoms. The molecule has 3 aromatic rings. The van der Waals surface area contributed by atoms with Gasteiger partial charge in [-0.2, -0.15) is 13.2 Å². The van der Waals surface area contributed by atoms with Crippen molar-refractivity contribution >= 4 is 22.7 Å². The molecule has 0 unspecified atom stereocenters. The first-order chi connectivity index (χ1) is 12.3. The van der Waals surface area contributed by atoms with Crippen molar-refractivity contribution in [2.24, 2.45) is 0 Å². The summed E-state index contributed by atoms with van der Waals surface area (Å²) < 4.78 is 43.2. The standard InChI is InChI=1S/C19H16F3N3O/c20-19(21,22)12-1-6-15(7-2-12)26-16-8-4-14(5-9-16)25-18-10-3-13(23)11-17(18)24/h1-11,25H,23-24H2. The average Bonchev–Trinajstić information content (AvgIpc) is 2.59. The Kier molecular flexibility index (Phi) is 4.62. The smallest absolute Gasteiger partial charge is 0.416 e. The van der Waals surface area contributed by atoms with Gasteiger partial charge in [0.05, 0.1) is 16.9 Å². The molecule has 0 amide bonds. The van der Waals surface area contributed by atoms with E-state index in [9.17, 15) is 13.2 Å². The summed E-state index contributed by atoms with van der Waals surface area (Å²) in [6.45, 7) is 0. The third-order valence-electron chi connectivity index (χ3n) is 3.63. The predicted octanol–water partition coefficient (Wildman–Crippen LogP) is 5.41. The number of hydrogen-bond acceptors (Lipinski definition) is 4. The van der Waals surface area contributed by atoms with Crippen molar-refractivity contribution in [1.29, 1.82) is 0 Å². The molecule has 5 N–H and O–H groups in total. The van der Waals surface area contributed by atoms with Crippen LogP contribution < -0.4 is 21.5 Å². The summed E-state index contributed by atoms with van der Waals surface area (Å²) in [6, 6.07) is 16.6. The second kappa shape index (κ2) is 6.87. The van der Waals surface area contributed by atoms with Crippen molar-refractivity contribution in [3.05, 3.63) is 72.3 Å². The van der Waals surface area contributed by atoms with Crippen molar-refractivity contribution in [1.82, 2.24) is 0 Å². The van der Waals surface area contributed by atoms with Crippen molar-refractivity contribution in [3.63, 3.8) is 0 Å². The molecule has 0 aliphatic carbocycles. The van der Waals surface area contributed by atoms with E-state index in [4.69, 9.17) is 16.2 Å². The minimum atomic E-state index is -4.37. The van der Waals surface area contributed by atoms with E-state index in [1.54, 1.807) is 42.5 Å². The Morgan fingerprint density at radius 3 is 1.88 bits per heavy atom. The Morgan fingerprint density at radius 2 is 1.35 bits per heavy atom. The zero-order chi connectivity index (χ0) is 18.7. The lowest BCUT2D eigenvalue weighted by Gasteiger charge is -2.11. The molecule has 0 saturated heterocycles. The van der Waals surface area contributed by atoms with Gasteiger partial charge in [-0.05, 0) is 66.7 Å². The molecule has 0 aliphatic rings. The molecule has 0 bridgehead atoms. The van der Waals surface area contributed by atoms with E-state index in [0.29, 0.717) is 22.9 Å². The lowest BCUT2D eigenvalue weighted by atomic mass is 10.2. The van der Waals surface area contributed by atoms with E-state index in [2.05, 4.69) is 5.32 Å². The number of nitrogens with two attached hydrogens (primary N) is 2. The van der Waals surface area contributed by atoms with Crippen molar-refractivity contribution in [2.75, 3.05) is 16.8 Å². The van der Waals surface area contributed by atoms with Gasteiger partial charge >= 0.3 is 6.18 Å². The van der Waals surface area contributed by atoms with Crippen LogP contribution in [0.4, 0.5) is 35.9 Å². The summed E-state index contributed by atoms with van der Waals surface area (Å²) in [5.41, 5.74) is 13.4. The molecule has 0 spiro atoms. The van der Waals surface area contributed by atoms with Crippen LogP contribution in [0.15, 0.2) is 66.7 Å². The van der Waals surface area contributed by atoms with Gasteiger partial charge in [0, 0.05) is 11.4 Å². The second-order valence-corrected chi connectivity index (χ2v) is 5.62. The highest BCUT2D eigenvalue weighted by Gasteiger charge is 2.30. The van der Waals surface area contributed by atoms with E-state index >= 15 is 0 Å². The van der Waals surface area contributed by atoms with Crippen molar-refractivity contribution in [3.8, 4) is 11.5 Å². The molecule has 0 atom stereocenters. The fourth-order valence-electron chi connectivity index (χ4n) is 2.30. The minimum absolute atomic E-state index is 0.321. The Labute approximate surface area is 148 Å². The number of ether oxygens (including phenoxy) is 1. The summed E-state index contributed by atoms with van der Waals surface area (Å²) in [7, 11) is 0. The summed E-state index contributed by atoms with van der Waals surface area (Å²) in [4.78, 5) is 0. The molecule has 0 fully saturated rings. The molecule has 0 aliphatic heterocycles. The zero-order valence-corrected chi connectivity index (χ0v) is 13.5. The molecule has 7 heteroatoms. The Hall–Kier alpha value is -3.35. The number of rotatable bonds is 4. The van der Waals surface area contributed by atoms with Gasteiger partial charge in [0.25, 0.3) is 0 Å². The van der Waals surface area contributed by atoms with Gasteiger partial charge in [-0.1, -0.05) is 0 Å². The molecule has 0 radical (unpaired) electrons. The summed E-state index contributed by atoms with van der Waals surface area (Å²) in [5, 5.41) is 3.15. The lowest BCUT2D eigenvalue weighted by Crippen LogP contribution is -2.03. The number of benzene rings is 3. The Bertz CT molecular complexity index is 891. The molecule has 3 aromatic carbocycles. The number of nitrogen functional groups attached to an aromatic ring is 2. The maximum absolute atomic E-state index is 12.6. The molecule has 3 rings (SSSR count). The number of halogens is 3. The highest BCUT2D eigenvalue weighted by atomic mass is 19.4. The van der Waals surface area contributed by atoms with Gasteiger partial charge in [0.15, 0.2) is 0 Å². The van der Waals surface area contributed by atoms with E-state index < -0.39 is 11.7 Å². The molecule has 0 saturated carbocycles. The van der Waals surface area contributed by atoms with Crippen LogP contribution in [-0.4, -0.2) is 0 Å². The molecule has 0 aromatic heterocycles. The van der Waals surface area contributed by atoms with Crippen LogP contribution in [0.3, 0.4) is 0 Å². The summed E-state index contributed by atoms with van der Waals surface area (Å²) in [6.07, 6.45) is -4.37. The number of alkyl halides is 3. The van der Waals surface area contributed by atoms with Crippen molar-refractivity contribution < 1.29 is 17.9 Å². The van der Waals surface area contributed by atoms with E-state index in [1.807, 2.05) is 0 Å². The van der Waals surface area contributed by atoms with Gasteiger partial charge in [0.2, 0.25) is 0 Å². The van der Waals surface area contributed by atoms with Crippen LogP contribution in [0.5, 0.6) is 11.5 Å². The molecule has 4 nitrogen and oxygen atoms in total. The summed E-state index contributed by atoms with van der Waals surface area (Å²) in [5.74, 6) is 0.821. The van der Waals surface area contributed by atoms with Crippen LogP contribution in [0, 0.1) is 0 Å². The van der Waals surface area contributed by atoms with Gasteiger partial charge < -0.3 is 21.5 Å². The highest BCUT2D eigenvalue weighted by molar-refractivity contribution is 5.75. The largest absolute Gasteiger partial charge is 0.457 e. The van der Waals surface area contributed by atoms with E-state index in [-0.39, 0.29) is 0 Å². The average molecular weight is 359 g/mol. The number of nitrogens with one attached hydrogen (secondary N) is 1. The highest BCUT2D eigenvalue weighted by Crippen LogP contribution is 2.32. The quantitative estimate of drug-likeness (QED) is 0.545. The van der Waals surface area contributed by atoms with Crippen LogP contribution in [0.1, 0.15) is 5.56 Å². The predicted molar refractivity (Wildman–Crippen MR) is 96.5 cm³/mol. The molecule has 0 heterocycles. The number of anilines is 4. The Balaban J connectivity index is 1.68. The first-order valence-electron chi connectivity index (χ1n) is 7.68. The normalized spacial score (nSPS) is 11.2. The summed E-state index contributed by atoms with van der Waals surface area (Å²) >= 11 is 0. The zero-order valence-electron chi connectivity index (χ0n) is 13.5. The van der Waals surface area contributed by atoms with Crippen molar-refractivity contribution in [2.45, 2.75) is 6.18 Å². The van der Waals surface area contributed by atoms with E-state index in [1.165, 1.54) is 12.1 Å². The maximum atomic E-state index is 12.6. The van der Waals surface area contributed by atoms with Gasteiger partial charge in [-0.3, -0.25) is 0 Å². The van der Waals surface area contributed by atoms with Gasteiger partial charge in [0.1, 0.15) is 11.5 Å². The first-order valence-corrected chi connectivity index (χ1v) is 7.68. The third kappa shape index (κ3) is 4.18. The Morgan fingerprint density at radius 1 is 0.769 bits per heavy atom. The number of hydrogen-bond donors (Lipinski definition) is 3. The molecular weight excluding hydrogens is 343 g/mol. The lowest BCUT2D eigenvalue weighted by molar-refractivity contribution is -0.137. The first kappa shape index (κ1) is 17.5. The fraction of sp³-hybridized carbons (Fsp3) is 0.0526.